The number of ether oxygens (including phenoxy) is 1. The van der Waals surface area contributed by atoms with Crippen LogP contribution < -0.4 is 11.3 Å². The van der Waals surface area contributed by atoms with Crippen LogP contribution in [0.5, 0.6) is 0 Å². The Hall–Kier alpha value is -1.36. The highest BCUT2D eigenvalue weighted by Gasteiger charge is 2.34. The molecular weight excluding hydrogens is 218 g/mol. The van der Waals surface area contributed by atoms with Crippen LogP contribution >= 0.6 is 0 Å². The van der Waals surface area contributed by atoms with Crippen molar-refractivity contribution in [1.82, 2.24) is 9.97 Å². The van der Waals surface area contributed by atoms with E-state index < -0.39 is 5.60 Å². The first kappa shape index (κ1) is 12.1. The molecule has 1 saturated heterocycles. The zero-order valence-corrected chi connectivity index (χ0v) is 10.4. The van der Waals surface area contributed by atoms with Crippen molar-refractivity contribution in [2.75, 3.05) is 12.3 Å². The number of nitrogens with one attached hydrogen (secondary N) is 1. The lowest BCUT2D eigenvalue weighted by Crippen LogP contribution is -2.29. The van der Waals surface area contributed by atoms with Crippen molar-refractivity contribution in [3.63, 3.8) is 0 Å². The van der Waals surface area contributed by atoms with Crippen molar-refractivity contribution in [2.45, 2.75) is 45.1 Å². The number of aromatic nitrogens is 2. The number of rotatable bonds is 3. The predicted octanol–water partition coefficient (Wildman–Crippen LogP) is 1.33. The van der Waals surface area contributed by atoms with Crippen LogP contribution in [0.1, 0.15) is 44.5 Å². The van der Waals surface area contributed by atoms with Gasteiger partial charge in [-0.25, -0.2) is 4.98 Å². The SMILES string of the molecule is CCCc1c(N)nc(C2(C)CCCO2)[nH]c1=O. The summed E-state index contributed by atoms with van der Waals surface area (Å²) in [5.74, 6) is 0.889. The van der Waals surface area contributed by atoms with Gasteiger partial charge in [0.25, 0.3) is 5.56 Å². The summed E-state index contributed by atoms with van der Waals surface area (Å²) in [5, 5.41) is 0. The monoisotopic (exact) mass is 237 g/mol. The molecule has 1 atom stereocenters. The van der Waals surface area contributed by atoms with Gasteiger partial charge in [-0.2, -0.15) is 0 Å². The first-order chi connectivity index (χ1) is 8.07. The Morgan fingerprint density at radius 3 is 2.88 bits per heavy atom. The van der Waals surface area contributed by atoms with Gasteiger partial charge in [0, 0.05) is 6.61 Å². The molecule has 0 saturated carbocycles. The van der Waals surface area contributed by atoms with Gasteiger partial charge < -0.3 is 15.5 Å². The molecule has 1 aromatic heterocycles. The van der Waals surface area contributed by atoms with Gasteiger partial charge in [-0.15, -0.1) is 0 Å². The Bertz CT molecular complexity index is 461. The zero-order chi connectivity index (χ0) is 12.5. The number of anilines is 1. The number of hydrogen-bond donors (Lipinski definition) is 2. The molecule has 17 heavy (non-hydrogen) atoms. The highest BCUT2D eigenvalue weighted by molar-refractivity contribution is 5.38. The number of nitrogen functional groups attached to an aromatic ring is 1. The molecule has 0 aliphatic carbocycles. The van der Waals surface area contributed by atoms with E-state index >= 15 is 0 Å². The summed E-state index contributed by atoms with van der Waals surface area (Å²) in [7, 11) is 0. The molecule has 5 heteroatoms. The van der Waals surface area contributed by atoms with E-state index in [2.05, 4.69) is 9.97 Å². The van der Waals surface area contributed by atoms with Crippen LogP contribution in [0, 0.1) is 0 Å². The molecule has 2 rings (SSSR count). The maximum Gasteiger partial charge on any atom is 0.256 e. The van der Waals surface area contributed by atoms with Crippen molar-refractivity contribution in [1.29, 1.82) is 0 Å². The lowest BCUT2D eigenvalue weighted by molar-refractivity contribution is 0.00922. The van der Waals surface area contributed by atoms with Crippen LogP contribution in [0.25, 0.3) is 0 Å². The summed E-state index contributed by atoms with van der Waals surface area (Å²) >= 11 is 0. The molecule has 0 radical (unpaired) electrons. The third-order valence-electron chi connectivity index (χ3n) is 3.27. The summed E-state index contributed by atoms with van der Waals surface area (Å²) in [5.41, 5.74) is 5.81. The Morgan fingerprint density at radius 2 is 2.35 bits per heavy atom. The molecule has 1 aliphatic heterocycles. The second-order valence-electron chi connectivity index (χ2n) is 4.71. The van der Waals surface area contributed by atoms with Gasteiger partial charge >= 0.3 is 0 Å². The van der Waals surface area contributed by atoms with Gasteiger partial charge in [0.1, 0.15) is 17.2 Å². The fourth-order valence-electron chi connectivity index (χ4n) is 2.22. The predicted molar refractivity (Wildman–Crippen MR) is 65.8 cm³/mol. The van der Waals surface area contributed by atoms with Gasteiger partial charge in [0.15, 0.2) is 0 Å². The number of hydrogen-bond acceptors (Lipinski definition) is 4. The van der Waals surface area contributed by atoms with Gasteiger partial charge in [-0.3, -0.25) is 4.79 Å². The Labute approximate surface area is 100 Å². The van der Waals surface area contributed by atoms with E-state index in [0.717, 1.165) is 19.3 Å². The maximum atomic E-state index is 11.9. The van der Waals surface area contributed by atoms with E-state index in [-0.39, 0.29) is 5.56 Å². The number of H-pyrrole nitrogens is 1. The Morgan fingerprint density at radius 1 is 1.59 bits per heavy atom. The largest absolute Gasteiger partial charge is 0.383 e. The van der Waals surface area contributed by atoms with E-state index in [1.165, 1.54) is 0 Å². The molecule has 0 amide bonds. The van der Waals surface area contributed by atoms with E-state index in [9.17, 15) is 4.79 Å². The average molecular weight is 237 g/mol. The molecule has 1 aromatic rings. The highest BCUT2D eigenvalue weighted by Crippen LogP contribution is 2.33. The highest BCUT2D eigenvalue weighted by atomic mass is 16.5. The average Bonchev–Trinajstić information content (AvgIpc) is 2.72. The fraction of sp³-hybridized carbons (Fsp3) is 0.667. The number of aromatic amines is 1. The van der Waals surface area contributed by atoms with Gasteiger partial charge in [0.2, 0.25) is 0 Å². The summed E-state index contributed by atoms with van der Waals surface area (Å²) in [4.78, 5) is 19.0. The smallest absolute Gasteiger partial charge is 0.256 e. The normalized spacial score (nSPS) is 24.1. The fourth-order valence-corrected chi connectivity index (χ4v) is 2.22. The maximum absolute atomic E-state index is 11.9. The topological polar surface area (TPSA) is 81.0 Å². The molecular formula is C12H19N3O2. The van der Waals surface area contributed by atoms with Crippen LogP contribution in [-0.2, 0) is 16.8 Å². The first-order valence-electron chi connectivity index (χ1n) is 6.10. The molecule has 94 valence electrons. The van der Waals surface area contributed by atoms with E-state index in [1.807, 2.05) is 13.8 Å². The lowest BCUT2D eigenvalue weighted by atomic mass is 10.0. The Balaban J connectivity index is 2.41. The third-order valence-corrected chi connectivity index (χ3v) is 3.27. The first-order valence-corrected chi connectivity index (χ1v) is 6.10. The van der Waals surface area contributed by atoms with Crippen LogP contribution in [0.4, 0.5) is 5.82 Å². The summed E-state index contributed by atoms with van der Waals surface area (Å²) in [6.07, 6.45) is 3.38. The molecule has 2 heterocycles. The second-order valence-corrected chi connectivity index (χ2v) is 4.71. The minimum Gasteiger partial charge on any atom is -0.383 e. The van der Waals surface area contributed by atoms with Crippen LogP contribution in [0.2, 0.25) is 0 Å². The second kappa shape index (κ2) is 4.49. The van der Waals surface area contributed by atoms with E-state index in [0.29, 0.717) is 30.2 Å². The molecule has 1 unspecified atom stereocenters. The third kappa shape index (κ3) is 2.20. The minimum absolute atomic E-state index is 0.133. The van der Waals surface area contributed by atoms with Crippen LogP contribution in [0.3, 0.4) is 0 Å². The quantitative estimate of drug-likeness (QED) is 0.831. The molecule has 0 bridgehead atoms. The molecule has 3 N–H and O–H groups in total. The summed E-state index contributed by atoms with van der Waals surface area (Å²) < 4.78 is 5.65. The van der Waals surface area contributed by atoms with Crippen molar-refractivity contribution in [3.05, 3.63) is 21.7 Å². The van der Waals surface area contributed by atoms with Gasteiger partial charge in [-0.05, 0) is 26.2 Å². The summed E-state index contributed by atoms with van der Waals surface area (Å²) in [6.45, 7) is 4.65. The lowest BCUT2D eigenvalue weighted by Gasteiger charge is -2.22. The summed E-state index contributed by atoms with van der Waals surface area (Å²) in [6, 6.07) is 0. The standard InChI is InChI=1S/C12H19N3O2/c1-3-5-8-9(13)14-11(15-10(8)16)12(2)6-4-7-17-12/h3-7H2,1-2H3,(H3,13,14,15,16). The van der Waals surface area contributed by atoms with E-state index in [4.69, 9.17) is 10.5 Å². The van der Waals surface area contributed by atoms with Crippen molar-refractivity contribution in [2.24, 2.45) is 0 Å². The molecule has 5 nitrogen and oxygen atoms in total. The minimum atomic E-state index is -0.488. The molecule has 1 aliphatic rings. The van der Waals surface area contributed by atoms with Crippen LogP contribution in [0.15, 0.2) is 4.79 Å². The van der Waals surface area contributed by atoms with E-state index in [1.54, 1.807) is 0 Å². The Kier molecular flexibility index (Phi) is 3.19. The number of nitrogens with zero attached hydrogens (tertiary/aromatic N) is 1. The zero-order valence-electron chi connectivity index (χ0n) is 10.4. The molecule has 0 spiro atoms. The number of nitrogens with two attached hydrogens (primary N) is 1. The van der Waals surface area contributed by atoms with Crippen molar-refractivity contribution < 1.29 is 4.74 Å². The van der Waals surface area contributed by atoms with Gasteiger partial charge in [-0.1, -0.05) is 13.3 Å². The van der Waals surface area contributed by atoms with Crippen molar-refractivity contribution in [3.8, 4) is 0 Å². The van der Waals surface area contributed by atoms with Crippen LogP contribution in [-0.4, -0.2) is 16.6 Å². The van der Waals surface area contributed by atoms with Gasteiger partial charge in [0.05, 0.1) is 5.56 Å². The molecule has 0 aromatic carbocycles. The van der Waals surface area contributed by atoms with Crippen molar-refractivity contribution >= 4 is 5.82 Å². The molecule has 1 fully saturated rings.